The summed E-state index contributed by atoms with van der Waals surface area (Å²) in [5.41, 5.74) is 0. The third-order valence-corrected chi connectivity index (χ3v) is 3.36. The predicted octanol–water partition coefficient (Wildman–Crippen LogP) is 1.51. The van der Waals surface area contributed by atoms with Gasteiger partial charge in [-0.3, -0.25) is 0 Å². The van der Waals surface area contributed by atoms with Gasteiger partial charge in [-0.05, 0) is 12.8 Å². The van der Waals surface area contributed by atoms with Crippen LogP contribution in [0, 0.1) is 5.92 Å². The standard InChI is InChI=1S/C13H22N4O/c1-2-3-5-14-12-7-13(16-10-15-12)17-6-4-11(8-17)9-18/h7,10-11,18H,2-6,8-9H2,1H3,(H,14,15,16). The molecule has 0 amide bonds. The van der Waals surface area contributed by atoms with Crippen LogP contribution in [0.5, 0.6) is 0 Å². The van der Waals surface area contributed by atoms with Gasteiger partial charge in [-0.25, -0.2) is 9.97 Å². The largest absolute Gasteiger partial charge is 0.396 e. The molecule has 1 aliphatic rings. The van der Waals surface area contributed by atoms with Gasteiger partial charge in [0.1, 0.15) is 18.0 Å². The Kier molecular flexibility index (Phi) is 4.75. The Bertz CT molecular complexity index is 372. The van der Waals surface area contributed by atoms with Gasteiger partial charge in [-0.15, -0.1) is 0 Å². The quantitative estimate of drug-likeness (QED) is 0.749. The number of hydrogen-bond acceptors (Lipinski definition) is 5. The molecule has 0 spiro atoms. The minimum absolute atomic E-state index is 0.267. The Morgan fingerprint density at radius 2 is 2.39 bits per heavy atom. The fourth-order valence-corrected chi connectivity index (χ4v) is 2.20. The minimum atomic E-state index is 0.267. The zero-order valence-electron chi connectivity index (χ0n) is 11.0. The first-order valence-electron chi connectivity index (χ1n) is 6.75. The first-order valence-corrected chi connectivity index (χ1v) is 6.75. The lowest BCUT2D eigenvalue weighted by atomic mass is 10.1. The van der Waals surface area contributed by atoms with Crippen LogP contribution in [0.2, 0.25) is 0 Å². The molecule has 0 radical (unpaired) electrons. The van der Waals surface area contributed by atoms with Gasteiger partial charge in [-0.1, -0.05) is 13.3 Å². The summed E-state index contributed by atoms with van der Waals surface area (Å²) in [5.74, 6) is 2.23. The fourth-order valence-electron chi connectivity index (χ4n) is 2.20. The SMILES string of the molecule is CCCCNc1cc(N2CCC(CO)C2)ncn1. The summed E-state index contributed by atoms with van der Waals surface area (Å²) >= 11 is 0. The molecule has 2 N–H and O–H groups in total. The molecule has 0 aromatic carbocycles. The molecule has 1 aromatic rings. The molecule has 100 valence electrons. The normalized spacial score (nSPS) is 19.2. The van der Waals surface area contributed by atoms with Crippen molar-refractivity contribution in [1.82, 2.24) is 9.97 Å². The van der Waals surface area contributed by atoms with E-state index < -0.39 is 0 Å². The van der Waals surface area contributed by atoms with Crippen molar-refractivity contribution < 1.29 is 5.11 Å². The molecule has 0 bridgehead atoms. The molecule has 5 heteroatoms. The first kappa shape index (κ1) is 13.1. The highest BCUT2D eigenvalue weighted by Gasteiger charge is 2.22. The van der Waals surface area contributed by atoms with Crippen LogP contribution in [-0.2, 0) is 0 Å². The molecule has 1 atom stereocenters. The maximum Gasteiger partial charge on any atom is 0.134 e. The fraction of sp³-hybridized carbons (Fsp3) is 0.692. The molecule has 18 heavy (non-hydrogen) atoms. The minimum Gasteiger partial charge on any atom is -0.396 e. The molecule has 1 aromatic heterocycles. The highest BCUT2D eigenvalue weighted by Crippen LogP contribution is 2.22. The topological polar surface area (TPSA) is 61.3 Å². The zero-order valence-corrected chi connectivity index (χ0v) is 11.0. The van der Waals surface area contributed by atoms with Gasteiger partial charge in [0.15, 0.2) is 0 Å². The van der Waals surface area contributed by atoms with Crippen molar-refractivity contribution in [1.29, 1.82) is 0 Å². The van der Waals surface area contributed by atoms with Crippen LogP contribution < -0.4 is 10.2 Å². The van der Waals surface area contributed by atoms with Gasteiger partial charge >= 0.3 is 0 Å². The summed E-state index contributed by atoms with van der Waals surface area (Å²) in [5, 5.41) is 12.5. The number of unbranched alkanes of at least 4 members (excludes halogenated alkanes) is 1. The number of aromatic nitrogens is 2. The second kappa shape index (κ2) is 6.54. The summed E-state index contributed by atoms with van der Waals surface area (Å²) < 4.78 is 0. The van der Waals surface area contributed by atoms with E-state index in [-0.39, 0.29) is 6.61 Å². The van der Waals surface area contributed by atoms with Gasteiger partial charge < -0.3 is 15.3 Å². The van der Waals surface area contributed by atoms with Crippen molar-refractivity contribution in [2.75, 3.05) is 36.5 Å². The summed E-state index contributed by atoms with van der Waals surface area (Å²) in [6, 6.07) is 2.00. The first-order chi connectivity index (χ1) is 8.83. The maximum absolute atomic E-state index is 9.16. The molecule has 2 heterocycles. The van der Waals surface area contributed by atoms with E-state index in [0.717, 1.165) is 44.1 Å². The molecule has 0 aliphatic carbocycles. The van der Waals surface area contributed by atoms with Crippen molar-refractivity contribution >= 4 is 11.6 Å². The van der Waals surface area contributed by atoms with Crippen LogP contribution in [0.1, 0.15) is 26.2 Å². The van der Waals surface area contributed by atoms with Crippen LogP contribution >= 0.6 is 0 Å². The monoisotopic (exact) mass is 250 g/mol. The number of rotatable bonds is 6. The molecule has 2 rings (SSSR count). The smallest absolute Gasteiger partial charge is 0.134 e. The van der Waals surface area contributed by atoms with E-state index in [0.29, 0.717) is 5.92 Å². The van der Waals surface area contributed by atoms with Crippen LogP contribution in [-0.4, -0.2) is 41.3 Å². The average Bonchev–Trinajstić information content (AvgIpc) is 2.88. The van der Waals surface area contributed by atoms with Crippen LogP contribution in [0.3, 0.4) is 0 Å². The molecule has 1 aliphatic heterocycles. The Balaban J connectivity index is 1.94. The van der Waals surface area contributed by atoms with Crippen molar-refractivity contribution in [3.8, 4) is 0 Å². The lowest BCUT2D eigenvalue weighted by molar-refractivity contribution is 0.238. The van der Waals surface area contributed by atoms with Crippen LogP contribution in [0.4, 0.5) is 11.6 Å². The maximum atomic E-state index is 9.16. The number of aliphatic hydroxyl groups is 1. The van der Waals surface area contributed by atoms with E-state index in [1.165, 1.54) is 6.42 Å². The van der Waals surface area contributed by atoms with E-state index >= 15 is 0 Å². The number of nitrogens with zero attached hydrogens (tertiary/aromatic N) is 3. The average molecular weight is 250 g/mol. The Morgan fingerprint density at radius 1 is 1.50 bits per heavy atom. The highest BCUT2D eigenvalue weighted by atomic mass is 16.3. The second-order valence-electron chi connectivity index (χ2n) is 4.83. The summed E-state index contributed by atoms with van der Waals surface area (Å²) in [6.45, 7) is 5.25. The number of aliphatic hydroxyl groups excluding tert-OH is 1. The third kappa shape index (κ3) is 3.32. The van der Waals surface area contributed by atoms with E-state index in [1.807, 2.05) is 6.07 Å². The number of nitrogens with one attached hydrogen (secondary N) is 1. The molecular weight excluding hydrogens is 228 g/mol. The van der Waals surface area contributed by atoms with Crippen LogP contribution in [0.15, 0.2) is 12.4 Å². The molecule has 1 unspecified atom stereocenters. The van der Waals surface area contributed by atoms with E-state index in [2.05, 4.69) is 27.1 Å². The number of hydrogen-bond donors (Lipinski definition) is 2. The van der Waals surface area contributed by atoms with Gasteiger partial charge in [0.2, 0.25) is 0 Å². The Morgan fingerprint density at radius 3 is 3.11 bits per heavy atom. The Hall–Kier alpha value is -1.36. The van der Waals surface area contributed by atoms with Gasteiger partial charge in [0, 0.05) is 38.2 Å². The van der Waals surface area contributed by atoms with Crippen molar-refractivity contribution in [2.45, 2.75) is 26.2 Å². The Labute approximate surface area is 108 Å². The molecule has 5 nitrogen and oxygen atoms in total. The highest BCUT2D eigenvalue weighted by molar-refractivity contribution is 5.49. The van der Waals surface area contributed by atoms with Crippen molar-refractivity contribution in [2.24, 2.45) is 5.92 Å². The molecule has 1 fully saturated rings. The van der Waals surface area contributed by atoms with Gasteiger partial charge in [0.25, 0.3) is 0 Å². The summed E-state index contributed by atoms with van der Waals surface area (Å²) in [4.78, 5) is 10.8. The predicted molar refractivity (Wildman–Crippen MR) is 72.8 cm³/mol. The van der Waals surface area contributed by atoms with Gasteiger partial charge in [0.05, 0.1) is 0 Å². The molecular formula is C13H22N4O. The number of anilines is 2. The lowest BCUT2D eigenvalue weighted by Crippen LogP contribution is -2.22. The van der Waals surface area contributed by atoms with E-state index in [9.17, 15) is 0 Å². The molecule has 0 saturated carbocycles. The second-order valence-corrected chi connectivity index (χ2v) is 4.83. The van der Waals surface area contributed by atoms with Crippen molar-refractivity contribution in [3.63, 3.8) is 0 Å². The summed E-state index contributed by atoms with van der Waals surface area (Å²) in [7, 11) is 0. The molecule has 1 saturated heterocycles. The van der Waals surface area contributed by atoms with Crippen LogP contribution in [0.25, 0.3) is 0 Å². The third-order valence-electron chi connectivity index (χ3n) is 3.36. The van der Waals surface area contributed by atoms with Gasteiger partial charge in [-0.2, -0.15) is 0 Å². The zero-order chi connectivity index (χ0) is 12.8. The van der Waals surface area contributed by atoms with E-state index in [4.69, 9.17) is 5.11 Å². The van der Waals surface area contributed by atoms with Crippen molar-refractivity contribution in [3.05, 3.63) is 12.4 Å². The van der Waals surface area contributed by atoms with E-state index in [1.54, 1.807) is 6.33 Å². The lowest BCUT2D eigenvalue weighted by Gasteiger charge is -2.17. The summed E-state index contributed by atoms with van der Waals surface area (Å²) in [6.07, 6.45) is 4.97.